The van der Waals surface area contributed by atoms with Crippen LogP contribution in [0.2, 0.25) is 0 Å². The lowest BCUT2D eigenvalue weighted by atomic mass is 9.75. The summed E-state index contributed by atoms with van der Waals surface area (Å²) in [6, 6.07) is 0. The first-order chi connectivity index (χ1) is 8.78. The molecular formula is C14H23N3O. The van der Waals surface area contributed by atoms with Gasteiger partial charge in [-0.3, -0.25) is 0 Å². The number of hydrogen-bond donors (Lipinski definition) is 1. The van der Waals surface area contributed by atoms with Crippen LogP contribution in [0.3, 0.4) is 0 Å². The van der Waals surface area contributed by atoms with Crippen LogP contribution in [0.1, 0.15) is 69.5 Å². The van der Waals surface area contributed by atoms with Crippen molar-refractivity contribution in [1.82, 2.24) is 15.5 Å². The van der Waals surface area contributed by atoms with Crippen LogP contribution >= 0.6 is 0 Å². The van der Waals surface area contributed by atoms with E-state index >= 15 is 0 Å². The molecule has 0 spiro atoms. The van der Waals surface area contributed by atoms with Gasteiger partial charge in [-0.05, 0) is 32.2 Å². The Morgan fingerprint density at radius 2 is 2.06 bits per heavy atom. The van der Waals surface area contributed by atoms with Gasteiger partial charge in [-0.2, -0.15) is 4.98 Å². The van der Waals surface area contributed by atoms with Crippen molar-refractivity contribution in [1.29, 1.82) is 0 Å². The zero-order valence-electron chi connectivity index (χ0n) is 11.2. The summed E-state index contributed by atoms with van der Waals surface area (Å²) in [4.78, 5) is 4.71. The zero-order chi connectivity index (χ0) is 12.4. The van der Waals surface area contributed by atoms with Crippen LogP contribution < -0.4 is 5.32 Å². The molecule has 100 valence electrons. The second-order valence-electron chi connectivity index (χ2n) is 6.12. The quantitative estimate of drug-likeness (QED) is 0.875. The van der Waals surface area contributed by atoms with E-state index in [0.29, 0.717) is 5.92 Å². The molecule has 2 fully saturated rings. The first-order valence-electron chi connectivity index (χ1n) is 7.33. The molecule has 1 atom stereocenters. The molecule has 4 heteroatoms. The van der Waals surface area contributed by atoms with E-state index in [4.69, 9.17) is 9.51 Å². The lowest BCUT2D eigenvalue weighted by molar-refractivity contribution is 0.231. The number of aromatic nitrogens is 2. The van der Waals surface area contributed by atoms with E-state index in [1.165, 1.54) is 44.9 Å². The number of rotatable bonds is 2. The smallest absolute Gasteiger partial charge is 0.232 e. The summed E-state index contributed by atoms with van der Waals surface area (Å²) in [5.74, 6) is 2.25. The highest BCUT2D eigenvalue weighted by Gasteiger charge is 2.35. The Kier molecular flexibility index (Phi) is 3.37. The SMILES string of the molecule is CC1(c2nc(C3CCCNC3)no2)CCCCC1. The summed E-state index contributed by atoms with van der Waals surface area (Å²) in [7, 11) is 0. The van der Waals surface area contributed by atoms with E-state index in [1.54, 1.807) is 0 Å². The largest absolute Gasteiger partial charge is 0.339 e. The highest BCUT2D eigenvalue weighted by molar-refractivity contribution is 5.07. The summed E-state index contributed by atoms with van der Waals surface area (Å²) < 4.78 is 5.57. The molecule has 1 aromatic rings. The van der Waals surface area contributed by atoms with Gasteiger partial charge in [0.05, 0.1) is 0 Å². The second-order valence-corrected chi connectivity index (χ2v) is 6.12. The molecule has 1 aromatic heterocycles. The van der Waals surface area contributed by atoms with Gasteiger partial charge < -0.3 is 9.84 Å². The third-order valence-corrected chi connectivity index (χ3v) is 4.58. The van der Waals surface area contributed by atoms with Crippen molar-refractivity contribution in [3.8, 4) is 0 Å². The molecule has 1 aliphatic carbocycles. The molecule has 1 N–H and O–H groups in total. The summed E-state index contributed by atoms with van der Waals surface area (Å²) in [6.45, 7) is 4.40. The maximum Gasteiger partial charge on any atom is 0.232 e. The molecule has 1 aliphatic heterocycles. The fourth-order valence-electron chi connectivity index (χ4n) is 3.26. The van der Waals surface area contributed by atoms with Gasteiger partial charge in [0.25, 0.3) is 0 Å². The summed E-state index contributed by atoms with van der Waals surface area (Å²) >= 11 is 0. The molecule has 1 unspecified atom stereocenters. The third kappa shape index (κ3) is 2.30. The molecule has 1 saturated heterocycles. The van der Waals surface area contributed by atoms with Gasteiger partial charge in [-0.25, -0.2) is 0 Å². The van der Waals surface area contributed by atoms with Gasteiger partial charge >= 0.3 is 0 Å². The molecule has 1 saturated carbocycles. The predicted octanol–water partition coefficient (Wildman–Crippen LogP) is 2.76. The van der Waals surface area contributed by atoms with Crippen molar-refractivity contribution >= 4 is 0 Å². The van der Waals surface area contributed by atoms with E-state index in [2.05, 4.69) is 17.4 Å². The Labute approximate surface area is 109 Å². The number of hydrogen-bond acceptors (Lipinski definition) is 4. The zero-order valence-corrected chi connectivity index (χ0v) is 11.2. The van der Waals surface area contributed by atoms with Crippen LogP contribution in [0.5, 0.6) is 0 Å². The van der Waals surface area contributed by atoms with Crippen molar-refractivity contribution in [2.24, 2.45) is 0 Å². The molecule has 2 heterocycles. The van der Waals surface area contributed by atoms with Crippen LogP contribution in [0, 0.1) is 0 Å². The van der Waals surface area contributed by atoms with Crippen molar-refractivity contribution in [2.75, 3.05) is 13.1 Å². The van der Waals surface area contributed by atoms with Crippen molar-refractivity contribution in [3.63, 3.8) is 0 Å². The fourth-order valence-corrected chi connectivity index (χ4v) is 3.26. The average molecular weight is 249 g/mol. The van der Waals surface area contributed by atoms with E-state index in [0.717, 1.165) is 24.8 Å². The summed E-state index contributed by atoms with van der Waals surface area (Å²) in [5, 5.41) is 7.64. The number of nitrogens with one attached hydrogen (secondary N) is 1. The van der Waals surface area contributed by atoms with E-state index < -0.39 is 0 Å². The van der Waals surface area contributed by atoms with Gasteiger partial charge in [0.15, 0.2) is 5.82 Å². The summed E-state index contributed by atoms with van der Waals surface area (Å²) in [6.07, 6.45) is 8.71. The maximum absolute atomic E-state index is 5.57. The van der Waals surface area contributed by atoms with Crippen molar-refractivity contribution < 1.29 is 4.52 Å². The summed E-state index contributed by atoms with van der Waals surface area (Å²) in [5.41, 5.74) is 0.131. The van der Waals surface area contributed by atoms with E-state index in [-0.39, 0.29) is 5.41 Å². The second kappa shape index (κ2) is 5.00. The normalized spacial score (nSPS) is 28.2. The van der Waals surface area contributed by atoms with Gasteiger partial charge in [0.2, 0.25) is 5.89 Å². The van der Waals surface area contributed by atoms with E-state index in [1.807, 2.05) is 0 Å². The standard InChI is InChI=1S/C14H23N3O/c1-14(7-3-2-4-8-14)13-16-12(17-18-13)11-6-5-9-15-10-11/h11,15H,2-10H2,1H3. The van der Waals surface area contributed by atoms with Gasteiger partial charge in [-0.1, -0.05) is 31.3 Å². The Morgan fingerprint density at radius 3 is 2.78 bits per heavy atom. The van der Waals surface area contributed by atoms with Crippen LogP contribution in [-0.2, 0) is 5.41 Å². The first kappa shape index (κ1) is 12.2. The Balaban J connectivity index is 1.75. The molecule has 0 radical (unpaired) electrons. The minimum atomic E-state index is 0.131. The molecule has 3 rings (SSSR count). The molecule has 0 aromatic carbocycles. The highest BCUT2D eigenvalue weighted by Crippen LogP contribution is 2.38. The Morgan fingerprint density at radius 1 is 1.22 bits per heavy atom. The Hall–Kier alpha value is -0.900. The fraction of sp³-hybridized carbons (Fsp3) is 0.857. The lowest BCUT2D eigenvalue weighted by Gasteiger charge is -2.29. The topological polar surface area (TPSA) is 51.0 Å². The van der Waals surface area contributed by atoms with Crippen molar-refractivity contribution in [3.05, 3.63) is 11.7 Å². The minimum Gasteiger partial charge on any atom is -0.339 e. The van der Waals surface area contributed by atoms with Crippen LogP contribution in [0.25, 0.3) is 0 Å². The number of piperidine rings is 1. The van der Waals surface area contributed by atoms with Gasteiger partial charge in [0.1, 0.15) is 0 Å². The molecule has 18 heavy (non-hydrogen) atoms. The minimum absolute atomic E-state index is 0.131. The number of nitrogens with zero attached hydrogens (tertiary/aromatic N) is 2. The molecule has 2 aliphatic rings. The first-order valence-corrected chi connectivity index (χ1v) is 7.33. The molecule has 0 bridgehead atoms. The lowest BCUT2D eigenvalue weighted by Crippen LogP contribution is -2.29. The average Bonchev–Trinajstić information content (AvgIpc) is 2.91. The van der Waals surface area contributed by atoms with Gasteiger partial charge in [-0.15, -0.1) is 0 Å². The van der Waals surface area contributed by atoms with Crippen LogP contribution in [0.15, 0.2) is 4.52 Å². The third-order valence-electron chi connectivity index (χ3n) is 4.58. The molecule has 0 amide bonds. The van der Waals surface area contributed by atoms with Gasteiger partial charge in [0, 0.05) is 17.9 Å². The highest BCUT2D eigenvalue weighted by atomic mass is 16.5. The molecule has 4 nitrogen and oxygen atoms in total. The maximum atomic E-state index is 5.57. The van der Waals surface area contributed by atoms with Crippen LogP contribution in [-0.4, -0.2) is 23.2 Å². The van der Waals surface area contributed by atoms with E-state index in [9.17, 15) is 0 Å². The monoisotopic (exact) mass is 249 g/mol. The molecular weight excluding hydrogens is 226 g/mol. The van der Waals surface area contributed by atoms with Crippen LogP contribution in [0.4, 0.5) is 0 Å². The Bertz CT molecular complexity index is 389. The predicted molar refractivity (Wildman–Crippen MR) is 69.6 cm³/mol. The van der Waals surface area contributed by atoms with Crippen molar-refractivity contribution in [2.45, 2.75) is 63.2 Å².